The molecule has 2 N–H and O–H groups in total. The summed E-state index contributed by atoms with van der Waals surface area (Å²) in [6.07, 6.45) is 1.12. The highest BCUT2D eigenvalue weighted by Gasteiger charge is 2.13. The number of aromatic nitrogens is 2. The fourth-order valence-electron chi connectivity index (χ4n) is 1.44. The maximum absolute atomic E-state index is 11.1. The number of anilines is 1. The van der Waals surface area contributed by atoms with Crippen molar-refractivity contribution < 1.29 is 12.9 Å². The molecule has 6 nitrogen and oxygen atoms in total. The van der Waals surface area contributed by atoms with Crippen LogP contribution in [0.3, 0.4) is 0 Å². The second-order valence-electron chi connectivity index (χ2n) is 4.16. The lowest BCUT2D eigenvalue weighted by molar-refractivity contribution is 0.424. The predicted octanol–water partition coefficient (Wildman–Crippen LogP) is 1.17. The largest absolute Gasteiger partial charge is 0.398 e. The molecule has 1 heterocycles. The van der Waals surface area contributed by atoms with E-state index in [1.807, 2.05) is 13.0 Å². The molecule has 0 aliphatic carbocycles. The summed E-state index contributed by atoms with van der Waals surface area (Å²) in [6.45, 7) is 1.89. The molecule has 1 aromatic carbocycles. The smallest absolute Gasteiger partial charge is 0.258 e. The van der Waals surface area contributed by atoms with Crippen molar-refractivity contribution in [1.82, 2.24) is 10.1 Å². The molecule has 7 heteroatoms. The van der Waals surface area contributed by atoms with E-state index < -0.39 is 9.84 Å². The number of nitrogens with zero attached hydrogens (tertiary/aromatic N) is 2. The SMILES string of the molecule is Cc1ccc(-c2nc(CS(C)(=O)=O)no2)cc1N. The maximum Gasteiger partial charge on any atom is 0.258 e. The van der Waals surface area contributed by atoms with Crippen LogP contribution in [0.15, 0.2) is 22.7 Å². The molecule has 0 fully saturated rings. The molecule has 0 amide bonds. The van der Waals surface area contributed by atoms with Crippen molar-refractivity contribution in [3.8, 4) is 11.5 Å². The van der Waals surface area contributed by atoms with E-state index in [-0.39, 0.29) is 17.5 Å². The topological polar surface area (TPSA) is 99.1 Å². The molecule has 0 bridgehead atoms. The standard InChI is InChI=1S/C11H13N3O3S/c1-7-3-4-8(5-9(7)12)11-13-10(14-17-11)6-18(2,15)16/h3-5H,6,12H2,1-2H3. The molecule has 2 rings (SSSR count). The highest BCUT2D eigenvalue weighted by Crippen LogP contribution is 2.22. The summed E-state index contributed by atoms with van der Waals surface area (Å²) in [4.78, 5) is 4.02. The van der Waals surface area contributed by atoms with Gasteiger partial charge >= 0.3 is 0 Å². The van der Waals surface area contributed by atoms with Gasteiger partial charge in [-0.1, -0.05) is 11.2 Å². The number of hydrogen-bond donors (Lipinski definition) is 1. The Morgan fingerprint density at radius 3 is 2.72 bits per heavy atom. The first-order valence-electron chi connectivity index (χ1n) is 5.22. The summed E-state index contributed by atoms with van der Waals surface area (Å²) in [6, 6.07) is 5.35. The van der Waals surface area contributed by atoms with E-state index in [0.29, 0.717) is 11.3 Å². The van der Waals surface area contributed by atoms with Gasteiger partial charge < -0.3 is 10.3 Å². The van der Waals surface area contributed by atoms with Crippen LogP contribution < -0.4 is 5.73 Å². The van der Waals surface area contributed by atoms with Crippen LogP contribution >= 0.6 is 0 Å². The van der Waals surface area contributed by atoms with Crippen molar-refractivity contribution in [2.75, 3.05) is 12.0 Å². The number of nitrogens with two attached hydrogens (primary N) is 1. The lowest BCUT2D eigenvalue weighted by Gasteiger charge is -2.00. The van der Waals surface area contributed by atoms with Crippen molar-refractivity contribution in [2.45, 2.75) is 12.7 Å². The first-order chi connectivity index (χ1) is 8.35. The van der Waals surface area contributed by atoms with E-state index >= 15 is 0 Å². The summed E-state index contributed by atoms with van der Waals surface area (Å²) >= 11 is 0. The summed E-state index contributed by atoms with van der Waals surface area (Å²) in [5.41, 5.74) is 8.03. The van der Waals surface area contributed by atoms with E-state index in [4.69, 9.17) is 10.3 Å². The van der Waals surface area contributed by atoms with Gasteiger partial charge in [-0.3, -0.25) is 0 Å². The summed E-state index contributed by atoms with van der Waals surface area (Å²) in [5.74, 6) is 0.171. The molecule has 0 unspecified atom stereocenters. The molecular formula is C11H13N3O3S. The van der Waals surface area contributed by atoms with Gasteiger partial charge in [0.2, 0.25) is 0 Å². The van der Waals surface area contributed by atoms with Crippen LogP contribution in [0.25, 0.3) is 11.5 Å². The Bertz CT molecular complexity index is 677. The zero-order valence-electron chi connectivity index (χ0n) is 10.0. The fourth-order valence-corrected chi connectivity index (χ4v) is 2.02. The van der Waals surface area contributed by atoms with Crippen LogP contribution in [0, 0.1) is 6.92 Å². The van der Waals surface area contributed by atoms with E-state index in [2.05, 4.69) is 10.1 Å². The first kappa shape index (κ1) is 12.6. The molecule has 0 spiro atoms. The second kappa shape index (κ2) is 4.41. The fraction of sp³-hybridized carbons (Fsp3) is 0.273. The molecule has 0 aliphatic rings. The number of hydrogen-bond acceptors (Lipinski definition) is 6. The zero-order valence-corrected chi connectivity index (χ0v) is 10.9. The van der Waals surface area contributed by atoms with Gasteiger partial charge in [-0.2, -0.15) is 4.98 Å². The monoisotopic (exact) mass is 267 g/mol. The Balaban J connectivity index is 2.32. The molecule has 0 atom stereocenters. The minimum Gasteiger partial charge on any atom is -0.398 e. The Morgan fingerprint density at radius 2 is 2.11 bits per heavy atom. The molecule has 2 aromatic rings. The lowest BCUT2D eigenvalue weighted by Crippen LogP contribution is -2.02. The quantitative estimate of drug-likeness (QED) is 0.838. The van der Waals surface area contributed by atoms with Crippen LogP contribution in [0.5, 0.6) is 0 Å². The molecule has 1 aromatic heterocycles. The van der Waals surface area contributed by atoms with Gasteiger partial charge in [-0.15, -0.1) is 0 Å². The Kier molecular flexibility index (Phi) is 3.08. The Labute approximate surface area is 105 Å². The number of rotatable bonds is 3. The third-order valence-corrected chi connectivity index (χ3v) is 3.17. The summed E-state index contributed by atoms with van der Waals surface area (Å²) in [5, 5.41) is 3.62. The second-order valence-corrected chi connectivity index (χ2v) is 6.30. The summed E-state index contributed by atoms with van der Waals surface area (Å²) < 4.78 is 27.2. The van der Waals surface area contributed by atoms with E-state index in [1.54, 1.807) is 12.1 Å². The maximum atomic E-state index is 11.1. The van der Waals surface area contributed by atoms with Gasteiger partial charge in [-0.25, -0.2) is 8.42 Å². The minimum atomic E-state index is -3.17. The van der Waals surface area contributed by atoms with Crippen LogP contribution in [-0.2, 0) is 15.6 Å². The molecule has 18 heavy (non-hydrogen) atoms. The molecule has 0 saturated heterocycles. The lowest BCUT2D eigenvalue weighted by atomic mass is 10.1. The van der Waals surface area contributed by atoms with E-state index in [1.165, 1.54) is 0 Å². The number of aryl methyl sites for hydroxylation is 1. The molecule has 96 valence electrons. The van der Waals surface area contributed by atoms with Gasteiger partial charge in [-0.05, 0) is 24.6 Å². The average molecular weight is 267 g/mol. The van der Waals surface area contributed by atoms with Gasteiger partial charge in [0, 0.05) is 17.5 Å². The summed E-state index contributed by atoms with van der Waals surface area (Å²) in [7, 11) is -3.17. The van der Waals surface area contributed by atoms with E-state index in [0.717, 1.165) is 11.8 Å². The van der Waals surface area contributed by atoms with E-state index in [9.17, 15) is 8.42 Å². The van der Waals surface area contributed by atoms with Gasteiger partial charge in [0.05, 0.1) is 0 Å². The van der Waals surface area contributed by atoms with Crippen LogP contribution in [-0.4, -0.2) is 24.8 Å². The Hall–Kier alpha value is -1.89. The molecular weight excluding hydrogens is 254 g/mol. The normalized spacial score (nSPS) is 11.7. The number of benzene rings is 1. The minimum absolute atomic E-state index is 0.145. The van der Waals surface area contributed by atoms with Crippen molar-refractivity contribution in [1.29, 1.82) is 0 Å². The van der Waals surface area contributed by atoms with Crippen molar-refractivity contribution in [3.05, 3.63) is 29.6 Å². The molecule has 0 saturated carbocycles. The number of sulfone groups is 1. The van der Waals surface area contributed by atoms with Crippen LogP contribution in [0.2, 0.25) is 0 Å². The molecule has 0 radical (unpaired) electrons. The predicted molar refractivity (Wildman–Crippen MR) is 67.4 cm³/mol. The third kappa shape index (κ3) is 2.86. The zero-order chi connectivity index (χ0) is 13.3. The average Bonchev–Trinajstić information content (AvgIpc) is 2.68. The van der Waals surface area contributed by atoms with Crippen molar-refractivity contribution in [2.24, 2.45) is 0 Å². The first-order valence-corrected chi connectivity index (χ1v) is 7.28. The van der Waals surface area contributed by atoms with Crippen LogP contribution in [0.1, 0.15) is 11.4 Å². The van der Waals surface area contributed by atoms with Gasteiger partial charge in [0.25, 0.3) is 5.89 Å². The van der Waals surface area contributed by atoms with Gasteiger partial charge in [0.15, 0.2) is 15.7 Å². The van der Waals surface area contributed by atoms with Gasteiger partial charge in [0.1, 0.15) is 5.75 Å². The van der Waals surface area contributed by atoms with Crippen molar-refractivity contribution in [3.63, 3.8) is 0 Å². The van der Waals surface area contributed by atoms with Crippen LogP contribution in [0.4, 0.5) is 5.69 Å². The molecule has 0 aliphatic heterocycles. The van der Waals surface area contributed by atoms with Crippen molar-refractivity contribution >= 4 is 15.5 Å². The highest BCUT2D eigenvalue weighted by atomic mass is 32.2. The highest BCUT2D eigenvalue weighted by molar-refractivity contribution is 7.89. The third-order valence-electron chi connectivity index (χ3n) is 2.39. The Morgan fingerprint density at radius 1 is 1.39 bits per heavy atom. The number of nitrogen functional groups attached to an aromatic ring is 1.